The molecule has 0 saturated heterocycles. The van der Waals surface area contributed by atoms with Gasteiger partial charge in [0.15, 0.2) is 0 Å². The fourth-order valence-corrected chi connectivity index (χ4v) is 4.19. The van der Waals surface area contributed by atoms with Gasteiger partial charge >= 0.3 is 0 Å². The fraction of sp³-hybridized carbons (Fsp3) is 0.647. The number of halogens is 1. The summed E-state index contributed by atoms with van der Waals surface area (Å²) in [5, 5.41) is 4.07. The normalized spacial score (nSPS) is 18.5. The molecule has 0 aromatic heterocycles. The summed E-state index contributed by atoms with van der Waals surface area (Å²) in [6.07, 6.45) is 6.27. The summed E-state index contributed by atoms with van der Waals surface area (Å²) in [5.41, 5.74) is 1.43. The molecule has 1 saturated carbocycles. The summed E-state index contributed by atoms with van der Waals surface area (Å²) < 4.78 is 10.9. The Bertz CT molecular complexity index is 484. The second-order valence-electron chi connectivity index (χ2n) is 5.85. The van der Waals surface area contributed by atoms with Crippen LogP contribution in [-0.4, -0.2) is 21.3 Å². The Hall–Kier alpha value is -0.930. The minimum Gasteiger partial charge on any atom is -0.495 e. The van der Waals surface area contributed by atoms with Crippen molar-refractivity contribution in [2.75, 3.05) is 21.3 Å². The molecule has 0 amide bonds. The number of benzene rings is 1. The topological polar surface area (TPSA) is 30.5 Å². The van der Waals surface area contributed by atoms with E-state index >= 15 is 0 Å². The molecule has 0 aliphatic heterocycles. The van der Waals surface area contributed by atoms with Crippen LogP contribution in [0.3, 0.4) is 0 Å². The number of rotatable bonds is 6. The van der Waals surface area contributed by atoms with Crippen LogP contribution in [0.5, 0.6) is 11.5 Å². The Morgan fingerprint density at radius 3 is 2.38 bits per heavy atom. The van der Waals surface area contributed by atoms with Gasteiger partial charge in [0.1, 0.15) is 16.5 Å². The van der Waals surface area contributed by atoms with E-state index in [2.05, 4.69) is 18.3 Å². The molecule has 1 aliphatic rings. The third-order valence-electron chi connectivity index (χ3n) is 5.03. The molecule has 0 spiro atoms. The van der Waals surface area contributed by atoms with E-state index in [-0.39, 0.29) is 6.04 Å². The average molecular weight is 312 g/mol. The lowest BCUT2D eigenvalue weighted by Crippen LogP contribution is -2.34. The van der Waals surface area contributed by atoms with Crippen molar-refractivity contribution in [1.82, 2.24) is 5.32 Å². The minimum atomic E-state index is 0.253. The first kappa shape index (κ1) is 16.4. The number of ether oxygens (including phenoxy) is 2. The third-order valence-corrected chi connectivity index (χ3v) is 5.39. The van der Waals surface area contributed by atoms with Gasteiger partial charge in [-0.05, 0) is 43.9 Å². The molecule has 3 nitrogen and oxygen atoms in total. The Morgan fingerprint density at radius 1 is 1.24 bits per heavy atom. The lowest BCUT2D eigenvalue weighted by molar-refractivity contribution is 0.191. The van der Waals surface area contributed by atoms with Crippen molar-refractivity contribution in [3.05, 3.63) is 22.7 Å². The second-order valence-corrected chi connectivity index (χ2v) is 6.23. The van der Waals surface area contributed by atoms with Crippen LogP contribution in [0.2, 0.25) is 5.02 Å². The van der Waals surface area contributed by atoms with Gasteiger partial charge in [-0.1, -0.05) is 31.4 Å². The van der Waals surface area contributed by atoms with E-state index in [4.69, 9.17) is 21.1 Å². The van der Waals surface area contributed by atoms with Crippen LogP contribution in [0, 0.1) is 5.41 Å². The minimum absolute atomic E-state index is 0.253. The predicted octanol–water partition coefficient (Wildman–Crippen LogP) is 4.59. The lowest BCUT2D eigenvalue weighted by Gasteiger charge is -2.38. The summed E-state index contributed by atoms with van der Waals surface area (Å²) >= 11 is 6.43. The van der Waals surface area contributed by atoms with Crippen LogP contribution in [0.1, 0.15) is 50.6 Å². The highest BCUT2D eigenvalue weighted by Crippen LogP contribution is 2.53. The molecule has 118 valence electrons. The highest BCUT2D eigenvalue weighted by molar-refractivity contribution is 6.33. The summed E-state index contributed by atoms with van der Waals surface area (Å²) in [5.74, 6) is 1.39. The van der Waals surface area contributed by atoms with Crippen LogP contribution in [0.4, 0.5) is 0 Å². The maximum Gasteiger partial charge on any atom is 0.146 e. The molecule has 0 radical (unpaired) electrons. The smallest absolute Gasteiger partial charge is 0.146 e. The van der Waals surface area contributed by atoms with E-state index in [1.807, 2.05) is 13.1 Å². The molecule has 2 rings (SSSR count). The summed E-state index contributed by atoms with van der Waals surface area (Å²) in [4.78, 5) is 0. The molecular weight excluding hydrogens is 286 g/mol. The molecule has 1 atom stereocenters. The number of hydrogen-bond donors (Lipinski definition) is 1. The van der Waals surface area contributed by atoms with Crippen molar-refractivity contribution >= 4 is 11.6 Å². The number of hydrogen-bond acceptors (Lipinski definition) is 3. The van der Waals surface area contributed by atoms with E-state index in [9.17, 15) is 0 Å². The molecule has 1 aromatic carbocycles. The maximum atomic E-state index is 6.43. The molecule has 0 bridgehead atoms. The van der Waals surface area contributed by atoms with E-state index in [1.54, 1.807) is 14.2 Å². The first-order valence-corrected chi connectivity index (χ1v) is 8.09. The van der Waals surface area contributed by atoms with Gasteiger partial charge in [-0.2, -0.15) is 0 Å². The number of methoxy groups -OCH3 is 2. The van der Waals surface area contributed by atoms with Gasteiger partial charge in [-0.15, -0.1) is 0 Å². The molecule has 1 fully saturated rings. The Morgan fingerprint density at radius 2 is 1.90 bits per heavy atom. The van der Waals surface area contributed by atoms with Crippen molar-refractivity contribution in [3.63, 3.8) is 0 Å². The summed E-state index contributed by atoms with van der Waals surface area (Å²) in [6.45, 7) is 2.28. The average Bonchev–Trinajstić information content (AvgIpc) is 2.98. The molecular formula is C17H26ClNO2. The van der Waals surface area contributed by atoms with Crippen molar-refractivity contribution in [1.29, 1.82) is 0 Å². The Balaban J connectivity index is 2.49. The van der Waals surface area contributed by atoms with Gasteiger partial charge in [-0.25, -0.2) is 0 Å². The Kier molecular flexibility index (Phi) is 5.39. The van der Waals surface area contributed by atoms with Gasteiger partial charge in [-0.3, -0.25) is 0 Å². The van der Waals surface area contributed by atoms with Gasteiger partial charge in [0.25, 0.3) is 0 Å². The molecule has 4 heteroatoms. The van der Waals surface area contributed by atoms with Crippen molar-refractivity contribution in [2.45, 2.75) is 45.1 Å². The van der Waals surface area contributed by atoms with Crippen LogP contribution >= 0.6 is 11.6 Å². The fourth-order valence-electron chi connectivity index (χ4n) is 3.86. The van der Waals surface area contributed by atoms with Crippen LogP contribution in [0.25, 0.3) is 0 Å². The van der Waals surface area contributed by atoms with Crippen molar-refractivity contribution in [3.8, 4) is 11.5 Å². The van der Waals surface area contributed by atoms with E-state index in [1.165, 1.54) is 25.7 Å². The SMILES string of the molecule is CCC1(C(NC)c2ccc(OC)c(Cl)c2OC)CCCC1. The monoisotopic (exact) mass is 311 g/mol. The van der Waals surface area contributed by atoms with Gasteiger partial charge in [0.2, 0.25) is 0 Å². The molecule has 1 unspecified atom stereocenters. The summed E-state index contributed by atoms with van der Waals surface area (Å²) in [7, 11) is 5.32. The highest BCUT2D eigenvalue weighted by atomic mass is 35.5. The lowest BCUT2D eigenvalue weighted by atomic mass is 9.73. The van der Waals surface area contributed by atoms with Crippen LogP contribution < -0.4 is 14.8 Å². The van der Waals surface area contributed by atoms with Crippen LogP contribution in [-0.2, 0) is 0 Å². The maximum absolute atomic E-state index is 6.43. The van der Waals surface area contributed by atoms with Crippen LogP contribution in [0.15, 0.2) is 12.1 Å². The molecule has 1 N–H and O–H groups in total. The zero-order valence-electron chi connectivity index (χ0n) is 13.5. The van der Waals surface area contributed by atoms with Gasteiger partial charge in [0.05, 0.1) is 14.2 Å². The zero-order chi connectivity index (χ0) is 15.5. The summed E-state index contributed by atoms with van der Waals surface area (Å²) in [6, 6.07) is 4.27. The molecule has 21 heavy (non-hydrogen) atoms. The molecule has 0 heterocycles. The van der Waals surface area contributed by atoms with E-state index in [0.717, 1.165) is 17.7 Å². The Labute approximate surface area is 133 Å². The van der Waals surface area contributed by atoms with Gasteiger partial charge in [0, 0.05) is 11.6 Å². The van der Waals surface area contributed by atoms with Crippen molar-refractivity contribution in [2.24, 2.45) is 5.41 Å². The van der Waals surface area contributed by atoms with Gasteiger partial charge < -0.3 is 14.8 Å². The highest BCUT2D eigenvalue weighted by Gasteiger charge is 2.41. The van der Waals surface area contributed by atoms with E-state index < -0.39 is 0 Å². The predicted molar refractivity (Wildman–Crippen MR) is 87.5 cm³/mol. The quantitative estimate of drug-likeness (QED) is 0.833. The number of nitrogens with one attached hydrogen (secondary N) is 1. The van der Waals surface area contributed by atoms with Crippen molar-refractivity contribution < 1.29 is 9.47 Å². The first-order chi connectivity index (χ1) is 10.1. The van der Waals surface area contributed by atoms with E-state index in [0.29, 0.717) is 16.2 Å². The molecule has 1 aromatic rings. The first-order valence-electron chi connectivity index (χ1n) is 7.71. The second kappa shape index (κ2) is 6.89. The zero-order valence-corrected chi connectivity index (χ0v) is 14.2. The standard InChI is InChI=1S/C17H26ClNO2/c1-5-17(10-6-7-11-17)16(19-2)12-8-9-13(20-3)14(18)15(12)21-4/h8-9,16,19H,5-7,10-11H2,1-4H3. The largest absolute Gasteiger partial charge is 0.495 e. The molecule has 1 aliphatic carbocycles. The third kappa shape index (κ3) is 2.86.